The highest BCUT2D eigenvalue weighted by Crippen LogP contribution is 2.38. The van der Waals surface area contributed by atoms with Crippen molar-refractivity contribution in [3.63, 3.8) is 0 Å². The molecular formula is C65H109N2O7P. The van der Waals surface area contributed by atoms with Crippen LogP contribution in [0.15, 0.2) is 134 Å². The van der Waals surface area contributed by atoms with Gasteiger partial charge in [-0.1, -0.05) is 225 Å². The number of phosphoric acid groups is 1. The topological polar surface area (TPSA) is 114 Å². The Hall–Kier alpha value is -3.85. The van der Waals surface area contributed by atoms with Gasteiger partial charge >= 0.3 is 5.97 Å². The minimum Gasteiger partial charge on any atom is -0.756 e. The molecule has 0 bridgehead atoms. The first kappa shape index (κ1) is 71.2. The van der Waals surface area contributed by atoms with Gasteiger partial charge in [0.15, 0.2) is 0 Å². The number of likely N-dealkylation sites (N-methyl/N-ethyl adjacent to an activating group) is 1. The van der Waals surface area contributed by atoms with E-state index in [1.807, 2.05) is 39.4 Å². The minimum absolute atomic E-state index is 0.0509. The van der Waals surface area contributed by atoms with Crippen LogP contribution >= 0.6 is 7.82 Å². The number of hydrogen-bond donors (Lipinski definition) is 1. The Morgan fingerprint density at radius 2 is 0.867 bits per heavy atom. The van der Waals surface area contributed by atoms with Crippen LogP contribution < -0.4 is 10.2 Å². The molecule has 0 aromatic rings. The lowest BCUT2D eigenvalue weighted by Crippen LogP contribution is -2.47. The summed E-state index contributed by atoms with van der Waals surface area (Å²) in [5.41, 5.74) is 0. The number of ether oxygens (including phenoxy) is 1. The molecule has 3 atom stereocenters. The molecule has 0 saturated heterocycles. The molecule has 0 aromatic carbocycles. The maximum Gasteiger partial charge on any atom is 0.306 e. The Balaban J connectivity index is 5.58. The summed E-state index contributed by atoms with van der Waals surface area (Å²) >= 11 is 0. The van der Waals surface area contributed by atoms with E-state index in [4.69, 9.17) is 13.8 Å². The van der Waals surface area contributed by atoms with E-state index in [-0.39, 0.29) is 25.4 Å². The van der Waals surface area contributed by atoms with Gasteiger partial charge < -0.3 is 28.5 Å². The molecule has 10 heteroatoms. The van der Waals surface area contributed by atoms with E-state index in [0.717, 1.165) is 83.5 Å². The summed E-state index contributed by atoms with van der Waals surface area (Å²) in [6.45, 7) is 6.58. The molecule has 0 heterocycles. The predicted octanol–water partition coefficient (Wildman–Crippen LogP) is 17.5. The predicted molar refractivity (Wildman–Crippen MR) is 320 cm³/mol. The van der Waals surface area contributed by atoms with Crippen molar-refractivity contribution in [2.24, 2.45) is 0 Å². The van der Waals surface area contributed by atoms with Crippen molar-refractivity contribution in [1.29, 1.82) is 0 Å². The van der Waals surface area contributed by atoms with Gasteiger partial charge in [0.2, 0.25) is 5.91 Å². The van der Waals surface area contributed by atoms with Crippen LogP contribution in [0, 0.1) is 0 Å². The minimum atomic E-state index is -4.74. The van der Waals surface area contributed by atoms with Gasteiger partial charge in [-0.15, -0.1) is 0 Å². The molecule has 0 aliphatic carbocycles. The number of rotatable bonds is 51. The number of phosphoric ester groups is 1. The number of unbranched alkanes of at least 4 members (excludes halogenated alkanes) is 15. The van der Waals surface area contributed by atoms with E-state index in [2.05, 4.69) is 135 Å². The molecule has 0 aromatic heterocycles. The standard InChI is InChI=1S/C65H109N2O7P/c1-7-10-13-16-19-22-25-28-30-32-33-35-37-40-43-46-49-52-55-58-65(69)74-63(56-53-50-47-44-41-38-27-24-21-18-15-12-9-3)62(61-73-75(70,71)72-60-59-67(4,5)6)66-64(68)57-54-51-48-45-42-39-36-34-31-29-26-23-20-17-14-11-8-2/h10,13,19-20,22-23,28-31,33,35-36,39-40,43,45,48-49,52-53,56,62-63H,7-9,11-12,14-18,21,24-27,32,34,37-38,41-42,44,46-47,50-51,54-55,57-61H2,1-6H3,(H-,66,68,70,71)/b13-10-,22-19-,23-20-,30-28-,31-29-,35-33-,39-36-,43-40-,48-45-,52-49-,56-53+. The highest BCUT2D eigenvalue weighted by atomic mass is 31.2. The lowest BCUT2D eigenvalue weighted by Gasteiger charge is -2.30. The zero-order valence-corrected chi connectivity index (χ0v) is 49.3. The van der Waals surface area contributed by atoms with Crippen LogP contribution in [-0.2, 0) is 27.9 Å². The fourth-order valence-electron chi connectivity index (χ4n) is 7.54. The summed E-state index contributed by atoms with van der Waals surface area (Å²) in [6, 6.07) is -0.957. The van der Waals surface area contributed by atoms with Crippen molar-refractivity contribution < 1.29 is 37.3 Å². The molecule has 75 heavy (non-hydrogen) atoms. The Morgan fingerprint density at radius 3 is 1.33 bits per heavy atom. The van der Waals surface area contributed by atoms with E-state index in [1.54, 1.807) is 6.08 Å². The van der Waals surface area contributed by atoms with Gasteiger partial charge in [-0.2, -0.15) is 0 Å². The third kappa shape index (κ3) is 54.7. The molecule has 0 radical (unpaired) electrons. The van der Waals surface area contributed by atoms with Crippen molar-refractivity contribution >= 4 is 19.7 Å². The molecule has 0 aliphatic heterocycles. The third-order valence-electron chi connectivity index (χ3n) is 12.1. The van der Waals surface area contributed by atoms with Crippen LogP contribution in [-0.4, -0.2) is 69.4 Å². The highest BCUT2D eigenvalue weighted by Gasteiger charge is 2.27. The molecule has 426 valence electrons. The van der Waals surface area contributed by atoms with Crippen molar-refractivity contribution in [2.75, 3.05) is 40.9 Å². The van der Waals surface area contributed by atoms with Gasteiger partial charge in [-0.25, -0.2) is 0 Å². The molecule has 3 unspecified atom stereocenters. The zero-order chi connectivity index (χ0) is 55.0. The molecule has 9 nitrogen and oxygen atoms in total. The molecule has 1 amide bonds. The first-order valence-corrected chi connectivity index (χ1v) is 31.0. The Bertz CT molecular complexity index is 1740. The van der Waals surface area contributed by atoms with Crippen LogP contribution in [0.2, 0.25) is 0 Å². The van der Waals surface area contributed by atoms with Crippen LogP contribution in [0.25, 0.3) is 0 Å². The van der Waals surface area contributed by atoms with Crippen LogP contribution in [0.4, 0.5) is 0 Å². The number of hydrogen-bond acceptors (Lipinski definition) is 7. The maximum atomic E-state index is 13.5. The molecule has 0 aliphatic rings. The Labute approximate surface area is 460 Å². The van der Waals surface area contributed by atoms with Gasteiger partial charge in [0, 0.05) is 12.8 Å². The van der Waals surface area contributed by atoms with Crippen molar-refractivity contribution in [3.05, 3.63) is 134 Å². The number of nitrogens with zero attached hydrogens (tertiary/aromatic N) is 1. The fraction of sp³-hybridized carbons (Fsp3) is 0.631. The van der Waals surface area contributed by atoms with Gasteiger partial charge in [-0.05, 0) is 109 Å². The summed E-state index contributed by atoms with van der Waals surface area (Å²) in [7, 11) is 1.09. The van der Waals surface area contributed by atoms with Crippen LogP contribution in [0.3, 0.4) is 0 Å². The maximum absolute atomic E-state index is 13.5. The van der Waals surface area contributed by atoms with Gasteiger partial charge in [-0.3, -0.25) is 14.2 Å². The largest absolute Gasteiger partial charge is 0.756 e. The second-order valence-corrected chi connectivity index (χ2v) is 21.8. The average Bonchev–Trinajstić information content (AvgIpc) is 3.37. The number of allylic oxidation sites excluding steroid dienone is 21. The summed E-state index contributed by atoms with van der Waals surface area (Å²) in [4.78, 5) is 39.9. The van der Waals surface area contributed by atoms with Crippen molar-refractivity contribution in [1.82, 2.24) is 5.32 Å². The van der Waals surface area contributed by atoms with E-state index in [1.165, 1.54) is 77.0 Å². The molecule has 0 spiro atoms. The average molecular weight is 1060 g/mol. The second-order valence-electron chi connectivity index (χ2n) is 20.4. The number of carbonyl (C=O) groups is 2. The smallest absolute Gasteiger partial charge is 0.306 e. The number of amides is 1. The van der Waals surface area contributed by atoms with Crippen molar-refractivity contribution in [3.8, 4) is 0 Å². The number of nitrogens with one attached hydrogen (secondary N) is 1. The molecule has 0 saturated carbocycles. The number of esters is 1. The highest BCUT2D eigenvalue weighted by molar-refractivity contribution is 7.45. The molecular weight excluding hydrogens is 952 g/mol. The Kier molecular flexibility index (Phi) is 50.8. The van der Waals surface area contributed by atoms with Crippen molar-refractivity contribution in [2.45, 2.75) is 226 Å². The lowest BCUT2D eigenvalue weighted by molar-refractivity contribution is -0.870. The number of quaternary nitrogens is 1. The van der Waals surface area contributed by atoms with Gasteiger partial charge in [0.1, 0.15) is 19.3 Å². The summed E-state index contributed by atoms with van der Waals surface area (Å²) < 4.78 is 30.1. The zero-order valence-electron chi connectivity index (χ0n) is 48.4. The molecule has 0 fully saturated rings. The van der Waals surface area contributed by atoms with E-state index >= 15 is 0 Å². The Morgan fingerprint density at radius 1 is 0.480 bits per heavy atom. The monoisotopic (exact) mass is 1060 g/mol. The normalized spacial score (nSPS) is 14.7. The second kappa shape index (κ2) is 53.5. The third-order valence-corrected chi connectivity index (χ3v) is 13.0. The van der Waals surface area contributed by atoms with Gasteiger partial charge in [0.25, 0.3) is 7.82 Å². The van der Waals surface area contributed by atoms with E-state index in [0.29, 0.717) is 30.3 Å². The molecule has 0 rings (SSSR count). The van der Waals surface area contributed by atoms with E-state index in [9.17, 15) is 19.0 Å². The SMILES string of the molecule is CC/C=C\C/C=C\C/C=C\C/C=C\C/C=C\C/C=C\CCC(=O)OC(/C=C/CCCCCCCCCCCCC)C(COP(=O)([O-])OCC[N+](C)(C)C)NC(=O)CCC/C=C\C/C=C\C/C=C\C/C=C\CCCCC. The first-order chi connectivity index (χ1) is 36.4. The first-order valence-electron chi connectivity index (χ1n) is 29.5. The van der Waals surface area contributed by atoms with Crippen LogP contribution in [0.1, 0.15) is 213 Å². The fourth-order valence-corrected chi connectivity index (χ4v) is 8.26. The summed E-state index contributed by atoms with van der Waals surface area (Å²) in [5.74, 6) is -0.716. The van der Waals surface area contributed by atoms with Crippen LogP contribution in [0.5, 0.6) is 0 Å². The summed E-state index contributed by atoms with van der Waals surface area (Å²) in [6.07, 6.45) is 75.8. The quantitative estimate of drug-likeness (QED) is 0.0212. The lowest BCUT2D eigenvalue weighted by atomic mass is 10.0. The summed E-state index contributed by atoms with van der Waals surface area (Å²) in [5, 5.41) is 2.96. The number of carbonyl (C=O) groups excluding carboxylic acids is 2. The molecule has 1 N–H and O–H groups in total. The van der Waals surface area contributed by atoms with E-state index < -0.39 is 32.5 Å². The van der Waals surface area contributed by atoms with Gasteiger partial charge in [0.05, 0.1) is 33.8 Å².